The van der Waals surface area contributed by atoms with Gasteiger partial charge < -0.3 is 0 Å². The summed E-state index contributed by atoms with van der Waals surface area (Å²) in [5, 5.41) is 0. The van der Waals surface area contributed by atoms with Crippen molar-refractivity contribution in [3.05, 3.63) is 251 Å². The summed E-state index contributed by atoms with van der Waals surface area (Å²) in [5.41, 5.74) is 24.7. The molecule has 11 rings (SSSR count). The molecule has 0 atom stereocenters. The minimum absolute atomic E-state index is 0.0315. The molecule has 2 aliphatic carbocycles. The molecule has 0 saturated carbocycles. The predicted molar refractivity (Wildman–Crippen MR) is 257 cm³/mol. The van der Waals surface area contributed by atoms with E-state index < -0.39 is 0 Å². The van der Waals surface area contributed by atoms with Gasteiger partial charge in [0.2, 0.25) is 0 Å². The molecule has 0 unspecified atom stereocenters. The van der Waals surface area contributed by atoms with Gasteiger partial charge in [-0.2, -0.15) is 0 Å². The first kappa shape index (κ1) is 37.0. The molecule has 0 N–H and O–H groups in total. The fourth-order valence-corrected chi connectivity index (χ4v) is 10.4. The number of hydrogen-bond donors (Lipinski definition) is 0. The van der Waals surface area contributed by atoms with Gasteiger partial charge >= 0.3 is 0 Å². The van der Waals surface area contributed by atoms with Crippen LogP contribution in [0.2, 0.25) is 0 Å². The van der Waals surface area contributed by atoms with E-state index in [-0.39, 0.29) is 16.7 Å². The lowest BCUT2D eigenvalue weighted by Gasteiger charge is -2.22. The van der Waals surface area contributed by atoms with Gasteiger partial charge in [-0.25, -0.2) is 0 Å². The van der Waals surface area contributed by atoms with Crippen LogP contribution >= 0.6 is 0 Å². The Morgan fingerprint density at radius 3 is 0.918 bits per heavy atom. The third-order valence-electron chi connectivity index (χ3n) is 13.9. The summed E-state index contributed by atoms with van der Waals surface area (Å²) in [6.07, 6.45) is 0. The fraction of sp³-hybridized carbons (Fsp3) is 0.115. The molecule has 0 aromatic heterocycles. The molecule has 9 aromatic carbocycles. The third-order valence-corrected chi connectivity index (χ3v) is 13.9. The van der Waals surface area contributed by atoms with Crippen LogP contribution in [-0.2, 0) is 10.8 Å². The molecule has 0 radical (unpaired) electrons. The lowest BCUT2D eigenvalue weighted by molar-refractivity contribution is 0.660. The second-order valence-electron chi connectivity index (χ2n) is 18.1. The highest BCUT2D eigenvalue weighted by Crippen LogP contribution is 2.51. The van der Waals surface area contributed by atoms with Crippen LogP contribution in [0.3, 0.4) is 0 Å². The topological polar surface area (TPSA) is 0 Å². The van der Waals surface area contributed by atoms with Gasteiger partial charge in [0.05, 0.1) is 0 Å². The van der Waals surface area contributed by atoms with Crippen LogP contribution in [-0.4, -0.2) is 0 Å². The summed E-state index contributed by atoms with van der Waals surface area (Å²) >= 11 is 0. The Balaban J connectivity index is 0.936. The second-order valence-corrected chi connectivity index (χ2v) is 18.1. The standard InChI is InChI=1S/C61H48/c1-60(2)55-16-10-8-14-51(55)53-36-34-49(38-57(53)60)44-24-30-47(31-25-44)59(46-28-22-43(23-29-46)42-20-18-41(19-21-42)40-12-6-5-7-13-40)48-32-26-45(27-33-48)50-35-37-54-52-15-9-11-17-56(52)61(3,4)58(54)39-50/h5-39,59H,1-4H3. The van der Waals surface area contributed by atoms with E-state index in [1.165, 1.54) is 106 Å². The molecule has 0 heterocycles. The number of fused-ring (bicyclic) bond motifs is 6. The normalized spacial score (nSPS) is 14.0. The largest absolute Gasteiger partial charge is 0.0622 e. The van der Waals surface area contributed by atoms with Crippen LogP contribution in [0, 0.1) is 0 Å². The van der Waals surface area contributed by atoms with Gasteiger partial charge in [0.1, 0.15) is 0 Å². The monoisotopic (exact) mass is 780 g/mol. The molecular formula is C61H48. The second kappa shape index (κ2) is 14.3. The van der Waals surface area contributed by atoms with Gasteiger partial charge in [-0.05, 0) is 118 Å². The van der Waals surface area contributed by atoms with Crippen LogP contribution in [0.1, 0.15) is 72.6 Å². The molecule has 0 bridgehead atoms. The average Bonchev–Trinajstić information content (AvgIpc) is 3.69. The van der Waals surface area contributed by atoms with Gasteiger partial charge in [0, 0.05) is 16.7 Å². The van der Waals surface area contributed by atoms with E-state index in [4.69, 9.17) is 0 Å². The van der Waals surface area contributed by atoms with Crippen molar-refractivity contribution < 1.29 is 0 Å². The summed E-state index contributed by atoms with van der Waals surface area (Å²) in [5.74, 6) is 0.0690. The first-order chi connectivity index (χ1) is 29.7. The minimum atomic E-state index is -0.0315. The van der Waals surface area contributed by atoms with E-state index in [1.807, 2.05) is 0 Å². The van der Waals surface area contributed by atoms with Crippen molar-refractivity contribution in [2.24, 2.45) is 0 Å². The Kier molecular flexibility index (Phi) is 8.69. The van der Waals surface area contributed by atoms with E-state index in [0.717, 1.165) is 0 Å². The summed E-state index contributed by atoms with van der Waals surface area (Å²) in [7, 11) is 0. The Morgan fingerprint density at radius 2 is 0.525 bits per heavy atom. The molecule has 0 fully saturated rings. The van der Waals surface area contributed by atoms with E-state index in [0.29, 0.717) is 0 Å². The predicted octanol–water partition coefficient (Wildman–Crippen LogP) is 16.1. The van der Waals surface area contributed by atoms with E-state index in [1.54, 1.807) is 0 Å². The minimum Gasteiger partial charge on any atom is -0.0622 e. The molecule has 292 valence electrons. The lowest BCUT2D eigenvalue weighted by Crippen LogP contribution is -2.14. The first-order valence-electron chi connectivity index (χ1n) is 21.7. The highest BCUT2D eigenvalue weighted by Gasteiger charge is 2.36. The summed E-state index contributed by atoms with van der Waals surface area (Å²) < 4.78 is 0. The molecule has 0 nitrogen and oxygen atoms in total. The number of hydrogen-bond acceptors (Lipinski definition) is 0. The highest BCUT2D eigenvalue weighted by molar-refractivity contribution is 5.85. The van der Waals surface area contributed by atoms with Crippen molar-refractivity contribution in [3.8, 4) is 66.8 Å². The Morgan fingerprint density at radius 1 is 0.246 bits per heavy atom. The number of rotatable bonds is 7. The van der Waals surface area contributed by atoms with Gasteiger partial charge in [-0.3, -0.25) is 0 Å². The molecular weight excluding hydrogens is 733 g/mol. The average molecular weight is 781 g/mol. The van der Waals surface area contributed by atoms with Gasteiger partial charge in [-0.1, -0.05) is 228 Å². The molecule has 0 aliphatic heterocycles. The Bertz CT molecular complexity index is 2920. The maximum Gasteiger partial charge on any atom is 0.0340 e. The summed E-state index contributed by atoms with van der Waals surface area (Å²) in [6, 6.07) is 79.3. The Hall–Kier alpha value is -7.02. The van der Waals surface area contributed by atoms with Crippen molar-refractivity contribution in [2.75, 3.05) is 0 Å². The maximum atomic E-state index is 2.42. The van der Waals surface area contributed by atoms with Crippen LogP contribution in [0.25, 0.3) is 66.8 Å². The fourth-order valence-electron chi connectivity index (χ4n) is 10.4. The van der Waals surface area contributed by atoms with Crippen LogP contribution < -0.4 is 0 Å². The van der Waals surface area contributed by atoms with Gasteiger partial charge in [0.25, 0.3) is 0 Å². The first-order valence-corrected chi connectivity index (χ1v) is 21.7. The van der Waals surface area contributed by atoms with Crippen LogP contribution in [0.4, 0.5) is 0 Å². The van der Waals surface area contributed by atoms with E-state index in [9.17, 15) is 0 Å². The highest BCUT2D eigenvalue weighted by atomic mass is 14.4. The van der Waals surface area contributed by atoms with Crippen molar-refractivity contribution in [3.63, 3.8) is 0 Å². The molecule has 0 amide bonds. The SMILES string of the molecule is CC1(C)c2ccccc2-c2ccc(-c3ccc(C(c4ccc(-c5ccc(-c6ccccc6)cc5)cc4)c4ccc(-c5ccc6c(c5)C(C)(C)c5ccccc5-6)cc4)cc3)cc21. The molecule has 0 heteroatoms. The molecule has 0 spiro atoms. The molecule has 9 aromatic rings. The number of benzene rings is 9. The molecule has 0 saturated heterocycles. The zero-order chi connectivity index (χ0) is 41.3. The van der Waals surface area contributed by atoms with Gasteiger partial charge in [0.15, 0.2) is 0 Å². The third kappa shape index (κ3) is 6.20. The summed E-state index contributed by atoms with van der Waals surface area (Å²) in [6.45, 7) is 9.43. The quantitative estimate of drug-likeness (QED) is 0.141. The van der Waals surface area contributed by atoms with Crippen LogP contribution in [0.15, 0.2) is 212 Å². The van der Waals surface area contributed by atoms with E-state index in [2.05, 4.69) is 240 Å². The smallest absolute Gasteiger partial charge is 0.0340 e. The van der Waals surface area contributed by atoms with Crippen LogP contribution in [0.5, 0.6) is 0 Å². The van der Waals surface area contributed by atoms with Crippen molar-refractivity contribution >= 4 is 0 Å². The maximum absolute atomic E-state index is 2.42. The lowest BCUT2D eigenvalue weighted by atomic mass is 9.81. The van der Waals surface area contributed by atoms with Crippen molar-refractivity contribution in [2.45, 2.75) is 44.4 Å². The molecule has 61 heavy (non-hydrogen) atoms. The molecule has 2 aliphatic rings. The van der Waals surface area contributed by atoms with E-state index >= 15 is 0 Å². The zero-order valence-corrected chi connectivity index (χ0v) is 35.3. The van der Waals surface area contributed by atoms with Crippen molar-refractivity contribution in [1.82, 2.24) is 0 Å². The van der Waals surface area contributed by atoms with Crippen molar-refractivity contribution in [1.29, 1.82) is 0 Å². The summed E-state index contributed by atoms with van der Waals surface area (Å²) in [4.78, 5) is 0. The Labute approximate surface area is 360 Å². The zero-order valence-electron chi connectivity index (χ0n) is 35.3. The van der Waals surface area contributed by atoms with Gasteiger partial charge in [-0.15, -0.1) is 0 Å².